The van der Waals surface area contributed by atoms with Crippen molar-refractivity contribution in [2.75, 3.05) is 25.0 Å². The first-order valence-electron chi connectivity index (χ1n) is 6.35. The van der Waals surface area contributed by atoms with Gasteiger partial charge in [0.15, 0.2) is 0 Å². The molecule has 2 aliphatic rings. The number of pyridine rings is 1. The summed E-state index contributed by atoms with van der Waals surface area (Å²) in [6.07, 6.45) is 5.22. The molecule has 2 atom stereocenters. The highest BCUT2D eigenvalue weighted by Crippen LogP contribution is 2.28. The standard InChI is InChI=1S/C13H19N3O/c1-14-6-10-2-5-13(15-7-10)16-8-11-3-4-12(9-16)17-11/h2,5,7,11-12,14H,3-4,6,8-9H2,1H3. The third-order valence-electron chi connectivity index (χ3n) is 3.56. The third-order valence-corrected chi connectivity index (χ3v) is 3.56. The van der Waals surface area contributed by atoms with Crippen LogP contribution in [0, 0.1) is 0 Å². The highest BCUT2D eigenvalue weighted by Gasteiger charge is 2.34. The number of nitrogens with zero attached hydrogens (tertiary/aromatic N) is 2. The Hall–Kier alpha value is -1.13. The molecule has 2 saturated heterocycles. The van der Waals surface area contributed by atoms with E-state index in [9.17, 15) is 0 Å². The molecule has 2 bridgehead atoms. The lowest BCUT2D eigenvalue weighted by Crippen LogP contribution is -2.43. The molecule has 3 heterocycles. The summed E-state index contributed by atoms with van der Waals surface area (Å²) in [6.45, 7) is 2.87. The number of hydrogen-bond acceptors (Lipinski definition) is 4. The lowest BCUT2D eigenvalue weighted by molar-refractivity contribution is 0.0302. The van der Waals surface area contributed by atoms with Crippen LogP contribution in [-0.2, 0) is 11.3 Å². The molecule has 92 valence electrons. The number of nitrogens with one attached hydrogen (secondary N) is 1. The Morgan fingerprint density at radius 2 is 2.12 bits per heavy atom. The molecular formula is C13H19N3O. The van der Waals surface area contributed by atoms with Crippen molar-refractivity contribution in [3.8, 4) is 0 Å². The molecule has 0 amide bonds. The molecule has 1 aromatic rings. The summed E-state index contributed by atoms with van der Waals surface area (Å²) in [5.41, 5.74) is 1.23. The van der Waals surface area contributed by atoms with Gasteiger partial charge in [-0.15, -0.1) is 0 Å². The van der Waals surface area contributed by atoms with Gasteiger partial charge in [-0.3, -0.25) is 0 Å². The second-order valence-electron chi connectivity index (χ2n) is 4.92. The van der Waals surface area contributed by atoms with Gasteiger partial charge in [0, 0.05) is 25.8 Å². The molecule has 2 fully saturated rings. The van der Waals surface area contributed by atoms with Crippen LogP contribution in [0.2, 0.25) is 0 Å². The minimum atomic E-state index is 0.424. The molecule has 0 saturated carbocycles. The van der Waals surface area contributed by atoms with Gasteiger partial charge in [0.1, 0.15) is 5.82 Å². The second kappa shape index (κ2) is 4.63. The van der Waals surface area contributed by atoms with E-state index >= 15 is 0 Å². The largest absolute Gasteiger partial charge is 0.371 e. The van der Waals surface area contributed by atoms with E-state index < -0.39 is 0 Å². The van der Waals surface area contributed by atoms with E-state index in [0.29, 0.717) is 12.2 Å². The quantitative estimate of drug-likeness (QED) is 0.850. The van der Waals surface area contributed by atoms with Crippen molar-refractivity contribution < 1.29 is 4.74 Å². The van der Waals surface area contributed by atoms with Gasteiger partial charge < -0.3 is 15.0 Å². The maximum Gasteiger partial charge on any atom is 0.128 e. The van der Waals surface area contributed by atoms with Crippen molar-refractivity contribution in [3.63, 3.8) is 0 Å². The molecule has 4 nitrogen and oxygen atoms in total. The van der Waals surface area contributed by atoms with Gasteiger partial charge >= 0.3 is 0 Å². The summed E-state index contributed by atoms with van der Waals surface area (Å²) in [5.74, 6) is 1.09. The van der Waals surface area contributed by atoms with Crippen molar-refractivity contribution in [3.05, 3.63) is 23.9 Å². The van der Waals surface area contributed by atoms with Gasteiger partial charge in [-0.05, 0) is 31.5 Å². The van der Waals surface area contributed by atoms with E-state index in [4.69, 9.17) is 4.74 Å². The summed E-state index contributed by atoms with van der Waals surface area (Å²) in [7, 11) is 1.95. The first kappa shape index (κ1) is 11.0. The van der Waals surface area contributed by atoms with Crippen LogP contribution >= 0.6 is 0 Å². The number of morpholine rings is 1. The van der Waals surface area contributed by atoms with E-state index in [-0.39, 0.29) is 0 Å². The molecule has 4 heteroatoms. The maximum absolute atomic E-state index is 5.83. The number of anilines is 1. The number of ether oxygens (including phenoxy) is 1. The molecule has 0 aliphatic carbocycles. The molecule has 3 rings (SSSR count). The van der Waals surface area contributed by atoms with Crippen molar-refractivity contribution in [1.29, 1.82) is 0 Å². The monoisotopic (exact) mass is 233 g/mol. The Kier molecular flexibility index (Phi) is 2.99. The SMILES string of the molecule is CNCc1ccc(N2CC3CCC(C2)O3)nc1. The van der Waals surface area contributed by atoms with Gasteiger partial charge in [-0.1, -0.05) is 6.07 Å². The van der Waals surface area contributed by atoms with Crippen LogP contribution in [0.3, 0.4) is 0 Å². The predicted octanol–water partition coefficient (Wildman–Crippen LogP) is 1.17. The summed E-state index contributed by atoms with van der Waals surface area (Å²) < 4.78 is 5.83. The summed E-state index contributed by atoms with van der Waals surface area (Å²) in [4.78, 5) is 6.90. The zero-order chi connectivity index (χ0) is 11.7. The Labute approximate surface area is 102 Å². The van der Waals surface area contributed by atoms with E-state index in [2.05, 4.69) is 27.3 Å². The summed E-state index contributed by atoms with van der Waals surface area (Å²) in [6, 6.07) is 4.27. The fraction of sp³-hybridized carbons (Fsp3) is 0.615. The second-order valence-corrected chi connectivity index (χ2v) is 4.92. The molecule has 2 aliphatic heterocycles. The van der Waals surface area contributed by atoms with Crippen LogP contribution in [-0.4, -0.2) is 37.3 Å². The molecule has 2 unspecified atom stereocenters. The van der Waals surface area contributed by atoms with Crippen LogP contribution in [0.15, 0.2) is 18.3 Å². The van der Waals surface area contributed by atoms with Crippen LogP contribution in [0.1, 0.15) is 18.4 Å². The highest BCUT2D eigenvalue weighted by molar-refractivity contribution is 5.40. The highest BCUT2D eigenvalue weighted by atomic mass is 16.5. The molecular weight excluding hydrogens is 214 g/mol. The Balaban J connectivity index is 1.71. The van der Waals surface area contributed by atoms with Crippen molar-refractivity contribution in [2.24, 2.45) is 0 Å². The minimum Gasteiger partial charge on any atom is -0.371 e. The molecule has 17 heavy (non-hydrogen) atoms. The van der Waals surface area contributed by atoms with Crippen LogP contribution in [0.25, 0.3) is 0 Å². The number of hydrogen-bond donors (Lipinski definition) is 1. The Morgan fingerprint density at radius 3 is 2.71 bits per heavy atom. The van der Waals surface area contributed by atoms with Crippen molar-refractivity contribution in [1.82, 2.24) is 10.3 Å². The summed E-state index contributed by atoms with van der Waals surface area (Å²) >= 11 is 0. The predicted molar refractivity (Wildman–Crippen MR) is 67.1 cm³/mol. The van der Waals surface area contributed by atoms with E-state index in [1.54, 1.807) is 0 Å². The lowest BCUT2D eigenvalue weighted by Gasteiger charge is -2.33. The normalized spacial score (nSPS) is 27.5. The first-order valence-corrected chi connectivity index (χ1v) is 6.35. The average molecular weight is 233 g/mol. The van der Waals surface area contributed by atoms with E-state index in [1.165, 1.54) is 18.4 Å². The van der Waals surface area contributed by atoms with Gasteiger partial charge in [0.2, 0.25) is 0 Å². The Bertz CT molecular complexity index is 367. The molecule has 0 spiro atoms. The molecule has 0 aromatic carbocycles. The van der Waals surface area contributed by atoms with Gasteiger partial charge in [0.05, 0.1) is 12.2 Å². The maximum atomic E-state index is 5.83. The average Bonchev–Trinajstić information content (AvgIpc) is 2.70. The van der Waals surface area contributed by atoms with E-state index in [1.807, 2.05) is 13.2 Å². The number of rotatable bonds is 3. The van der Waals surface area contributed by atoms with Gasteiger partial charge in [0.25, 0.3) is 0 Å². The van der Waals surface area contributed by atoms with Crippen molar-refractivity contribution >= 4 is 5.82 Å². The molecule has 1 aromatic heterocycles. The van der Waals surface area contributed by atoms with Crippen LogP contribution < -0.4 is 10.2 Å². The third kappa shape index (κ3) is 2.28. The Morgan fingerprint density at radius 1 is 1.35 bits per heavy atom. The van der Waals surface area contributed by atoms with Crippen LogP contribution in [0.5, 0.6) is 0 Å². The fourth-order valence-electron chi connectivity index (χ4n) is 2.71. The number of aromatic nitrogens is 1. The van der Waals surface area contributed by atoms with Gasteiger partial charge in [-0.2, -0.15) is 0 Å². The van der Waals surface area contributed by atoms with E-state index in [0.717, 1.165) is 25.5 Å². The topological polar surface area (TPSA) is 37.4 Å². The summed E-state index contributed by atoms with van der Waals surface area (Å²) in [5, 5.41) is 3.13. The number of fused-ring (bicyclic) bond motifs is 2. The zero-order valence-electron chi connectivity index (χ0n) is 10.2. The van der Waals surface area contributed by atoms with Crippen LogP contribution in [0.4, 0.5) is 5.82 Å². The van der Waals surface area contributed by atoms with Gasteiger partial charge in [-0.25, -0.2) is 4.98 Å². The fourth-order valence-corrected chi connectivity index (χ4v) is 2.71. The lowest BCUT2D eigenvalue weighted by atomic mass is 10.2. The first-order chi connectivity index (χ1) is 8.35. The molecule has 1 N–H and O–H groups in total. The smallest absolute Gasteiger partial charge is 0.128 e. The zero-order valence-corrected chi connectivity index (χ0v) is 10.2. The minimum absolute atomic E-state index is 0.424. The van der Waals surface area contributed by atoms with Crippen molar-refractivity contribution in [2.45, 2.75) is 31.6 Å². The molecule has 0 radical (unpaired) electrons.